The fourth-order valence-corrected chi connectivity index (χ4v) is 3.00. The number of benzene rings is 2. The van der Waals surface area contributed by atoms with Gasteiger partial charge in [0.1, 0.15) is 6.04 Å². The molecule has 2 aromatic rings. The fraction of sp³-hybridized carbons (Fsp3) is 0.333. The molecule has 0 bridgehead atoms. The van der Waals surface area contributed by atoms with Gasteiger partial charge in [0.05, 0.1) is 21.1 Å². The molecule has 0 aliphatic heterocycles. The molecule has 0 radical (unpaired) electrons. The molecule has 0 unspecified atom stereocenters. The lowest BCUT2D eigenvalue weighted by atomic mass is 9.87. The van der Waals surface area contributed by atoms with Crippen LogP contribution in [-0.2, 0) is 0 Å². The second kappa shape index (κ2) is 5.58. The molecule has 0 heterocycles. The van der Waals surface area contributed by atoms with Gasteiger partial charge in [-0.05, 0) is 5.56 Å². The Morgan fingerprint density at radius 2 is 1.11 bits per heavy atom. The third-order valence-electron chi connectivity index (χ3n) is 3.77. The zero-order valence-electron chi connectivity index (χ0n) is 12.4. The normalized spacial score (nSPS) is 14.9. The molecule has 0 fully saturated rings. The summed E-state index contributed by atoms with van der Waals surface area (Å²) < 4.78 is 0.931. The molecule has 0 N–H and O–H groups in total. The Kier molecular flexibility index (Phi) is 4.06. The van der Waals surface area contributed by atoms with E-state index in [0.717, 1.165) is 4.48 Å². The summed E-state index contributed by atoms with van der Waals surface area (Å²) >= 11 is 0. The second-order valence-corrected chi connectivity index (χ2v) is 6.17. The van der Waals surface area contributed by atoms with E-state index in [1.807, 2.05) is 0 Å². The molecule has 0 aliphatic rings. The largest absolute Gasteiger partial charge is 0.324 e. The van der Waals surface area contributed by atoms with Gasteiger partial charge in [-0.3, -0.25) is 0 Å². The predicted octanol–water partition coefficient (Wildman–Crippen LogP) is 4.24. The van der Waals surface area contributed by atoms with E-state index in [9.17, 15) is 0 Å². The number of rotatable bonds is 4. The summed E-state index contributed by atoms with van der Waals surface area (Å²) in [6.45, 7) is 2.33. The van der Waals surface area contributed by atoms with Gasteiger partial charge in [0, 0.05) is 11.5 Å². The van der Waals surface area contributed by atoms with Gasteiger partial charge in [-0.25, -0.2) is 0 Å². The van der Waals surface area contributed by atoms with Crippen LogP contribution >= 0.6 is 0 Å². The van der Waals surface area contributed by atoms with Crippen LogP contribution in [0.15, 0.2) is 60.7 Å². The molecule has 0 saturated heterocycles. The summed E-state index contributed by atoms with van der Waals surface area (Å²) in [7, 11) is 6.82. The van der Waals surface area contributed by atoms with E-state index in [-0.39, 0.29) is 0 Å². The summed E-state index contributed by atoms with van der Waals surface area (Å²) in [6.07, 6.45) is 0. The number of hydrogen-bond acceptors (Lipinski definition) is 0. The minimum Gasteiger partial charge on any atom is -0.324 e. The molecule has 2 atom stereocenters. The van der Waals surface area contributed by atoms with Crippen molar-refractivity contribution in [2.75, 3.05) is 21.1 Å². The van der Waals surface area contributed by atoms with E-state index in [2.05, 4.69) is 88.7 Å². The molecule has 1 nitrogen and oxygen atoms in total. The van der Waals surface area contributed by atoms with E-state index in [0.29, 0.717) is 12.0 Å². The summed E-state index contributed by atoms with van der Waals surface area (Å²) in [4.78, 5) is 0. The van der Waals surface area contributed by atoms with Gasteiger partial charge >= 0.3 is 0 Å². The highest BCUT2D eigenvalue weighted by molar-refractivity contribution is 5.26. The Labute approximate surface area is 117 Å². The average Bonchev–Trinajstić information content (AvgIpc) is 2.39. The molecule has 0 saturated carbocycles. The van der Waals surface area contributed by atoms with Crippen molar-refractivity contribution in [1.82, 2.24) is 0 Å². The lowest BCUT2D eigenvalue weighted by molar-refractivity contribution is -0.904. The molecule has 2 aromatic carbocycles. The van der Waals surface area contributed by atoms with Crippen molar-refractivity contribution in [2.24, 2.45) is 0 Å². The molecular weight excluding hydrogens is 230 g/mol. The van der Waals surface area contributed by atoms with Crippen molar-refractivity contribution in [3.63, 3.8) is 0 Å². The maximum atomic E-state index is 2.33. The van der Waals surface area contributed by atoms with Gasteiger partial charge in [-0.15, -0.1) is 0 Å². The van der Waals surface area contributed by atoms with Crippen molar-refractivity contribution in [1.29, 1.82) is 0 Å². The number of likely N-dealkylation sites (N-methyl/N-ethyl adjacent to an activating group) is 1. The highest BCUT2D eigenvalue weighted by atomic mass is 15.3. The summed E-state index contributed by atoms with van der Waals surface area (Å²) in [6, 6.07) is 22.1. The third kappa shape index (κ3) is 3.24. The van der Waals surface area contributed by atoms with E-state index < -0.39 is 0 Å². The van der Waals surface area contributed by atoms with Crippen molar-refractivity contribution < 1.29 is 4.48 Å². The zero-order valence-corrected chi connectivity index (χ0v) is 12.4. The van der Waals surface area contributed by atoms with Crippen LogP contribution < -0.4 is 0 Å². The maximum absolute atomic E-state index is 2.33. The summed E-state index contributed by atoms with van der Waals surface area (Å²) in [5, 5.41) is 0. The van der Waals surface area contributed by atoms with Crippen LogP contribution in [0.3, 0.4) is 0 Å². The molecule has 2 rings (SSSR count). The first-order valence-electron chi connectivity index (χ1n) is 6.91. The lowest BCUT2D eigenvalue weighted by Gasteiger charge is -2.38. The van der Waals surface area contributed by atoms with Crippen LogP contribution in [0.4, 0.5) is 0 Å². The zero-order chi connectivity index (χ0) is 13.9. The van der Waals surface area contributed by atoms with Gasteiger partial charge in [-0.1, -0.05) is 67.6 Å². The first kappa shape index (κ1) is 13.8. The van der Waals surface area contributed by atoms with Crippen LogP contribution in [0.2, 0.25) is 0 Å². The molecule has 19 heavy (non-hydrogen) atoms. The predicted molar refractivity (Wildman–Crippen MR) is 82.1 cm³/mol. The maximum Gasteiger partial charge on any atom is 0.121 e. The highest BCUT2D eigenvalue weighted by Gasteiger charge is 2.32. The number of quaternary nitrogens is 1. The van der Waals surface area contributed by atoms with Crippen LogP contribution in [0.1, 0.15) is 30.0 Å². The topological polar surface area (TPSA) is 0 Å². The van der Waals surface area contributed by atoms with Crippen LogP contribution in [0.25, 0.3) is 0 Å². The Morgan fingerprint density at radius 3 is 1.53 bits per heavy atom. The minimum atomic E-state index is 0.462. The Morgan fingerprint density at radius 1 is 0.684 bits per heavy atom. The molecule has 0 spiro atoms. The monoisotopic (exact) mass is 254 g/mol. The second-order valence-electron chi connectivity index (χ2n) is 6.17. The van der Waals surface area contributed by atoms with Crippen LogP contribution in [-0.4, -0.2) is 25.6 Å². The SMILES string of the molecule is C[C@H](c1ccccc1)[C@H](c1ccccc1)[N+](C)(C)C. The van der Waals surface area contributed by atoms with Gasteiger partial charge in [0.15, 0.2) is 0 Å². The Bertz CT molecular complexity index is 496. The molecule has 100 valence electrons. The van der Waals surface area contributed by atoms with E-state index >= 15 is 0 Å². The van der Waals surface area contributed by atoms with E-state index in [4.69, 9.17) is 0 Å². The molecule has 0 aromatic heterocycles. The third-order valence-corrected chi connectivity index (χ3v) is 3.77. The van der Waals surface area contributed by atoms with Crippen molar-refractivity contribution in [2.45, 2.75) is 18.9 Å². The first-order chi connectivity index (χ1) is 9.00. The van der Waals surface area contributed by atoms with Gasteiger partial charge < -0.3 is 4.48 Å². The van der Waals surface area contributed by atoms with Gasteiger partial charge in [0.2, 0.25) is 0 Å². The standard InChI is InChI=1S/C18H24N/c1-15(16-11-7-5-8-12-16)18(19(2,3)4)17-13-9-6-10-14-17/h5-15,18H,1-4H3/q+1/t15-,18-/m1/s1. The summed E-state index contributed by atoms with van der Waals surface area (Å²) in [5.74, 6) is 0.489. The molecule has 1 heteroatoms. The van der Waals surface area contributed by atoms with Crippen molar-refractivity contribution in [3.05, 3.63) is 71.8 Å². The molecule has 0 aliphatic carbocycles. The van der Waals surface area contributed by atoms with E-state index in [1.54, 1.807) is 0 Å². The molecular formula is C18H24N+. The van der Waals surface area contributed by atoms with Gasteiger partial charge in [0.25, 0.3) is 0 Å². The number of hydrogen-bond donors (Lipinski definition) is 0. The van der Waals surface area contributed by atoms with Crippen LogP contribution in [0, 0.1) is 0 Å². The smallest absolute Gasteiger partial charge is 0.121 e. The van der Waals surface area contributed by atoms with Crippen molar-refractivity contribution >= 4 is 0 Å². The Balaban J connectivity index is 2.40. The fourth-order valence-electron chi connectivity index (χ4n) is 3.00. The highest BCUT2D eigenvalue weighted by Crippen LogP contribution is 2.37. The molecule has 0 amide bonds. The lowest BCUT2D eigenvalue weighted by Crippen LogP contribution is -2.41. The van der Waals surface area contributed by atoms with Gasteiger partial charge in [-0.2, -0.15) is 0 Å². The quantitative estimate of drug-likeness (QED) is 0.716. The minimum absolute atomic E-state index is 0.462. The van der Waals surface area contributed by atoms with Crippen molar-refractivity contribution in [3.8, 4) is 0 Å². The summed E-state index contributed by atoms with van der Waals surface area (Å²) in [5.41, 5.74) is 2.82. The van der Waals surface area contributed by atoms with E-state index in [1.165, 1.54) is 11.1 Å². The average molecular weight is 254 g/mol. The Hall–Kier alpha value is -1.60. The number of nitrogens with zero attached hydrogens (tertiary/aromatic N) is 1. The van der Waals surface area contributed by atoms with Crippen LogP contribution in [0.5, 0.6) is 0 Å². The first-order valence-corrected chi connectivity index (χ1v) is 6.91.